The predicted molar refractivity (Wildman–Crippen MR) is 94.5 cm³/mol. The number of rotatable bonds is 2. The second-order valence-electron chi connectivity index (χ2n) is 6.28. The number of nitrogens with one attached hydrogen (secondary N) is 1. The van der Waals surface area contributed by atoms with Crippen molar-refractivity contribution in [1.29, 1.82) is 0 Å². The summed E-state index contributed by atoms with van der Waals surface area (Å²) in [6.45, 7) is 0. The van der Waals surface area contributed by atoms with E-state index in [-0.39, 0.29) is 24.8 Å². The van der Waals surface area contributed by atoms with Crippen LogP contribution in [0.2, 0.25) is 10.5 Å². The fourth-order valence-corrected chi connectivity index (χ4v) is 9.12. The van der Waals surface area contributed by atoms with Crippen molar-refractivity contribution in [3.8, 4) is 0 Å². The average molecular weight is 362 g/mol. The molecule has 0 saturated carbocycles. The molecule has 1 N–H and O–H groups in total. The van der Waals surface area contributed by atoms with Crippen molar-refractivity contribution >= 4 is 47.3 Å². The Bertz CT molecular complexity index is 719. The van der Waals surface area contributed by atoms with Gasteiger partial charge in [-0.05, 0) is 0 Å². The number of aromatic amines is 1. The number of allylic oxidation sites excluding steroid dienone is 4. The molecule has 0 spiro atoms. The first-order valence-corrected chi connectivity index (χ1v) is 15.2. The van der Waals surface area contributed by atoms with Gasteiger partial charge in [-0.2, -0.15) is 0 Å². The summed E-state index contributed by atoms with van der Waals surface area (Å²) in [6.07, 6.45) is 7.97. The number of halogens is 2. The number of hydrogen-bond acceptors (Lipinski definition) is 0. The van der Waals surface area contributed by atoms with Gasteiger partial charge in [-0.3, -0.25) is 0 Å². The van der Waals surface area contributed by atoms with E-state index in [0.717, 1.165) is 6.42 Å². The fourth-order valence-electron chi connectivity index (χ4n) is 2.72. The molecule has 1 aromatic heterocycles. The number of para-hydroxylation sites is 1. The number of aromatic nitrogens is 1. The Kier molecular flexibility index (Phi) is 5.22. The third-order valence-corrected chi connectivity index (χ3v) is 14.6. The SMILES string of the molecule is Cl.Cl.[CH3][Ti]([CH3])(=[SiH2])([C]1=CC=CC1)[c]1cc2ccccc2[nH]1. The van der Waals surface area contributed by atoms with Crippen LogP contribution >= 0.6 is 24.8 Å². The van der Waals surface area contributed by atoms with Crippen LogP contribution in [0.15, 0.2) is 52.4 Å². The van der Waals surface area contributed by atoms with Gasteiger partial charge in [-0.25, -0.2) is 0 Å². The summed E-state index contributed by atoms with van der Waals surface area (Å²) in [4.78, 5) is 3.68. The zero-order chi connectivity index (χ0) is 12.8. The molecule has 1 heterocycles. The van der Waals surface area contributed by atoms with Crippen LogP contribution in [-0.2, 0) is 14.0 Å². The topological polar surface area (TPSA) is 15.8 Å². The Hall–Kier alpha value is -0.249. The summed E-state index contributed by atoms with van der Waals surface area (Å²) in [5.74, 6) is 0. The first-order chi connectivity index (χ1) is 8.46. The van der Waals surface area contributed by atoms with Gasteiger partial charge in [0.2, 0.25) is 0 Å². The van der Waals surface area contributed by atoms with Gasteiger partial charge >= 0.3 is 111 Å². The second kappa shape index (κ2) is 5.86. The van der Waals surface area contributed by atoms with Gasteiger partial charge in [-0.15, -0.1) is 24.8 Å². The fraction of sp³-hybridized carbons (Fsp3) is 0.200. The van der Waals surface area contributed by atoms with E-state index < -0.39 is 14.0 Å². The van der Waals surface area contributed by atoms with Gasteiger partial charge in [0.05, 0.1) is 0 Å². The molecule has 0 unspecified atom stereocenters. The van der Waals surface area contributed by atoms with E-state index in [0.29, 0.717) is 0 Å². The second-order valence-corrected chi connectivity index (χ2v) is 25.3. The number of H-pyrrole nitrogens is 1. The van der Waals surface area contributed by atoms with Gasteiger partial charge < -0.3 is 0 Å². The predicted octanol–water partition coefficient (Wildman–Crippen LogP) is 3.81. The van der Waals surface area contributed by atoms with Crippen molar-refractivity contribution < 1.29 is 14.0 Å². The quantitative estimate of drug-likeness (QED) is 0.782. The summed E-state index contributed by atoms with van der Waals surface area (Å²) in [7, 11) is 2.26. The van der Waals surface area contributed by atoms with Gasteiger partial charge in [0.25, 0.3) is 0 Å². The monoisotopic (exact) mass is 361 g/mol. The summed E-state index contributed by atoms with van der Waals surface area (Å²) in [6, 6.07) is 11.0. The van der Waals surface area contributed by atoms with Crippen molar-refractivity contribution in [2.24, 2.45) is 0 Å². The zero-order valence-electron chi connectivity index (χ0n) is 11.8. The van der Waals surface area contributed by atoms with Gasteiger partial charge in [0, 0.05) is 0 Å². The molecule has 0 amide bonds. The van der Waals surface area contributed by atoms with E-state index in [4.69, 9.17) is 0 Å². The number of fused-ring (bicyclic) bond motifs is 1. The van der Waals surface area contributed by atoms with Crippen molar-refractivity contribution in [1.82, 2.24) is 4.98 Å². The molecule has 0 bridgehead atoms. The van der Waals surface area contributed by atoms with Crippen LogP contribution in [0, 0.1) is 0 Å². The maximum atomic E-state index is 3.68. The zero-order valence-corrected chi connectivity index (χ0v) is 16.5. The molecule has 0 radical (unpaired) electrons. The molecule has 1 nitrogen and oxygen atoms in total. The minimum absolute atomic E-state index is 0. The van der Waals surface area contributed by atoms with Gasteiger partial charge in [0.15, 0.2) is 0 Å². The average Bonchev–Trinajstić information content (AvgIpc) is 2.98. The third kappa shape index (κ3) is 2.86. The summed E-state index contributed by atoms with van der Waals surface area (Å²) >= 11 is -2.69. The van der Waals surface area contributed by atoms with E-state index in [1.807, 2.05) is 0 Å². The van der Waals surface area contributed by atoms with E-state index >= 15 is 0 Å². The van der Waals surface area contributed by atoms with Crippen molar-refractivity contribution in [2.45, 2.75) is 16.9 Å². The first kappa shape index (κ1) is 17.8. The van der Waals surface area contributed by atoms with Crippen LogP contribution in [-0.4, -0.2) is 12.6 Å². The van der Waals surface area contributed by atoms with Gasteiger partial charge in [-0.1, -0.05) is 0 Å². The van der Waals surface area contributed by atoms with Crippen LogP contribution in [0.3, 0.4) is 0 Å². The molecule has 20 heavy (non-hydrogen) atoms. The molecular weight excluding hydrogens is 341 g/mol. The Morgan fingerprint density at radius 1 is 1.15 bits per heavy atom. The van der Waals surface area contributed by atoms with E-state index in [1.54, 1.807) is 3.88 Å². The van der Waals surface area contributed by atoms with E-state index in [9.17, 15) is 0 Å². The van der Waals surface area contributed by atoms with Crippen LogP contribution < -0.4 is 4.00 Å². The molecule has 2 aromatic rings. The molecule has 1 aromatic carbocycles. The Morgan fingerprint density at radius 3 is 2.45 bits per heavy atom. The van der Waals surface area contributed by atoms with Crippen LogP contribution in [0.25, 0.3) is 10.9 Å². The molecular formula is C15H21Cl2NSiTi. The molecule has 3 rings (SSSR count). The summed E-state index contributed by atoms with van der Waals surface area (Å²) in [5.41, 5.74) is 1.27. The Labute approximate surface area is 135 Å². The van der Waals surface area contributed by atoms with Crippen molar-refractivity contribution in [3.63, 3.8) is 0 Å². The molecule has 0 atom stereocenters. The molecule has 1 aliphatic rings. The third-order valence-electron chi connectivity index (χ3n) is 4.19. The molecule has 5 heteroatoms. The number of hydrogen-bond donors (Lipinski definition) is 1. The van der Waals surface area contributed by atoms with Crippen molar-refractivity contribution in [3.05, 3.63) is 52.4 Å². The van der Waals surface area contributed by atoms with E-state index in [1.165, 1.54) is 14.9 Å². The minimum atomic E-state index is -2.69. The Morgan fingerprint density at radius 2 is 1.85 bits per heavy atom. The molecule has 0 fully saturated rings. The number of benzene rings is 1. The van der Waals surface area contributed by atoms with Gasteiger partial charge in [0.1, 0.15) is 0 Å². The molecule has 1 aliphatic carbocycles. The van der Waals surface area contributed by atoms with Crippen LogP contribution in [0.4, 0.5) is 0 Å². The summed E-state index contributed by atoms with van der Waals surface area (Å²) in [5, 5.41) is 6.36. The molecule has 108 valence electrons. The normalized spacial score (nSPS) is 14.7. The van der Waals surface area contributed by atoms with Crippen molar-refractivity contribution in [2.75, 3.05) is 0 Å². The molecule has 0 aliphatic heterocycles. The maximum absolute atomic E-state index is 3.68. The Balaban J connectivity index is 0.000001000. The summed E-state index contributed by atoms with van der Waals surface area (Å²) < 4.78 is 3.15. The van der Waals surface area contributed by atoms with E-state index in [2.05, 4.69) is 71.6 Å². The van der Waals surface area contributed by atoms with Crippen LogP contribution in [0.5, 0.6) is 0 Å². The van der Waals surface area contributed by atoms with Crippen LogP contribution in [0.1, 0.15) is 6.42 Å². The standard InChI is InChI=1S/C8H6N.C5H5.2CH3.2ClH.H2Si.Ti/c1-2-4-8-7(3-1)5-6-9-8;1-2-4-5-3-1;;;;;;/h1-5,9H;1-3H,4H2;2*1H3;2*1H;1H2;. The molecule has 0 saturated heterocycles. The first-order valence-electron chi connectivity index (χ1n) is 6.48.